The first-order valence-corrected chi connectivity index (χ1v) is 7.28. The molecule has 110 valence electrons. The molecule has 4 N–H and O–H groups in total. The molecular formula is C14H30O4. The van der Waals surface area contributed by atoms with Gasteiger partial charge in [0.05, 0.1) is 12.7 Å². The van der Waals surface area contributed by atoms with Crippen LogP contribution in [-0.2, 0) is 0 Å². The van der Waals surface area contributed by atoms with Gasteiger partial charge in [0.1, 0.15) is 12.2 Å². The molecule has 0 aromatic rings. The topological polar surface area (TPSA) is 80.9 Å². The molecule has 0 aliphatic heterocycles. The van der Waals surface area contributed by atoms with Gasteiger partial charge in [0.2, 0.25) is 0 Å². The maximum atomic E-state index is 9.57. The number of hydrogen-bond donors (Lipinski definition) is 4. The molecule has 0 aliphatic carbocycles. The fourth-order valence-corrected chi connectivity index (χ4v) is 2.02. The van der Waals surface area contributed by atoms with Crippen molar-refractivity contribution >= 4 is 0 Å². The van der Waals surface area contributed by atoms with Crippen LogP contribution in [0.2, 0.25) is 0 Å². The third-order valence-corrected chi connectivity index (χ3v) is 3.33. The van der Waals surface area contributed by atoms with Gasteiger partial charge in [0.15, 0.2) is 0 Å². The third-order valence-electron chi connectivity index (χ3n) is 3.33. The average molecular weight is 262 g/mol. The molecule has 0 spiro atoms. The first kappa shape index (κ1) is 17.8. The highest BCUT2D eigenvalue weighted by Crippen LogP contribution is 2.12. The Morgan fingerprint density at radius 2 is 1.22 bits per heavy atom. The summed E-state index contributed by atoms with van der Waals surface area (Å²) in [5, 5.41) is 36.8. The Hall–Kier alpha value is -0.160. The second-order valence-corrected chi connectivity index (χ2v) is 5.07. The summed E-state index contributed by atoms with van der Waals surface area (Å²) >= 11 is 0. The molecule has 0 amide bonds. The van der Waals surface area contributed by atoms with E-state index < -0.39 is 24.9 Å². The van der Waals surface area contributed by atoms with Gasteiger partial charge in [0, 0.05) is 0 Å². The first-order chi connectivity index (χ1) is 8.63. The second kappa shape index (κ2) is 11.9. The smallest absolute Gasteiger partial charge is 0.108 e. The molecule has 0 saturated heterocycles. The summed E-state index contributed by atoms with van der Waals surface area (Å²) in [6, 6.07) is 0. The molecule has 0 aliphatic rings. The van der Waals surface area contributed by atoms with Crippen LogP contribution >= 0.6 is 0 Å². The van der Waals surface area contributed by atoms with Gasteiger partial charge in [-0.2, -0.15) is 0 Å². The van der Waals surface area contributed by atoms with Crippen LogP contribution in [-0.4, -0.2) is 45.3 Å². The van der Waals surface area contributed by atoms with Gasteiger partial charge in [-0.25, -0.2) is 0 Å². The number of aliphatic hydroxyl groups is 4. The standard InChI is InChI=1S/C14H30O4/c1-2-3-4-5-6-7-8-9-10-12(16)14(18)13(17)11-15/h12-18H,2-11H2,1H3. The first-order valence-electron chi connectivity index (χ1n) is 7.28. The molecule has 0 radical (unpaired) electrons. The maximum absolute atomic E-state index is 9.57. The Morgan fingerprint density at radius 3 is 1.72 bits per heavy atom. The summed E-state index contributed by atoms with van der Waals surface area (Å²) < 4.78 is 0. The van der Waals surface area contributed by atoms with Crippen LogP contribution < -0.4 is 0 Å². The van der Waals surface area contributed by atoms with E-state index in [0.717, 1.165) is 19.3 Å². The molecule has 0 fully saturated rings. The largest absolute Gasteiger partial charge is 0.394 e. The number of hydrogen-bond acceptors (Lipinski definition) is 4. The average Bonchev–Trinajstić information content (AvgIpc) is 2.39. The minimum absolute atomic E-state index is 0.479. The number of rotatable bonds is 12. The highest BCUT2D eigenvalue weighted by molar-refractivity contribution is 4.74. The van der Waals surface area contributed by atoms with Gasteiger partial charge in [-0.1, -0.05) is 58.3 Å². The molecule has 0 rings (SSSR count). The highest BCUT2D eigenvalue weighted by Gasteiger charge is 2.23. The van der Waals surface area contributed by atoms with Crippen LogP contribution in [0.15, 0.2) is 0 Å². The van der Waals surface area contributed by atoms with E-state index >= 15 is 0 Å². The predicted molar refractivity (Wildman–Crippen MR) is 72.3 cm³/mol. The number of aliphatic hydroxyl groups excluding tert-OH is 4. The van der Waals surface area contributed by atoms with Gasteiger partial charge in [0.25, 0.3) is 0 Å². The zero-order valence-electron chi connectivity index (χ0n) is 11.6. The lowest BCUT2D eigenvalue weighted by atomic mass is 10.0. The van der Waals surface area contributed by atoms with Crippen molar-refractivity contribution in [3.05, 3.63) is 0 Å². The van der Waals surface area contributed by atoms with Crippen LogP contribution in [0.5, 0.6) is 0 Å². The van der Waals surface area contributed by atoms with Gasteiger partial charge in [-0.15, -0.1) is 0 Å². The van der Waals surface area contributed by atoms with Crippen molar-refractivity contribution in [1.82, 2.24) is 0 Å². The molecule has 0 saturated carbocycles. The van der Waals surface area contributed by atoms with Crippen molar-refractivity contribution in [2.45, 2.75) is 83.0 Å². The van der Waals surface area contributed by atoms with E-state index in [0.29, 0.717) is 6.42 Å². The highest BCUT2D eigenvalue weighted by atomic mass is 16.4. The van der Waals surface area contributed by atoms with Crippen molar-refractivity contribution in [2.75, 3.05) is 6.61 Å². The SMILES string of the molecule is CCCCCCCCCCC(O)C(O)C(O)CO. The van der Waals surface area contributed by atoms with Gasteiger partial charge in [-0.05, 0) is 6.42 Å². The zero-order chi connectivity index (χ0) is 13.8. The zero-order valence-corrected chi connectivity index (χ0v) is 11.6. The molecule has 18 heavy (non-hydrogen) atoms. The van der Waals surface area contributed by atoms with Crippen LogP contribution in [0.3, 0.4) is 0 Å². The summed E-state index contributed by atoms with van der Waals surface area (Å²) in [7, 11) is 0. The van der Waals surface area contributed by atoms with Crippen molar-refractivity contribution in [3.63, 3.8) is 0 Å². The van der Waals surface area contributed by atoms with E-state index in [4.69, 9.17) is 10.2 Å². The summed E-state index contributed by atoms with van der Waals surface area (Å²) in [5.41, 5.74) is 0. The van der Waals surface area contributed by atoms with Crippen LogP contribution in [0.4, 0.5) is 0 Å². The summed E-state index contributed by atoms with van der Waals surface area (Å²) in [5.74, 6) is 0. The lowest BCUT2D eigenvalue weighted by Gasteiger charge is -2.21. The molecule has 3 unspecified atom stereocenters. The normalized spacial score (nSPS) is 16.5. The molecule has 3 atom stereocenters. The van der Waals surface area contributed by atoms with E-state index in [1.165, 1.54) is 32.1 Å². The fourth-order valence-electron chi connectivity index (χ4n) is 2.02. The van der Waals surface area contributed by atoms with E-state index in [9.17, 15) is 10.2 Å². The minimum atomic E-state index is -1.24. The molecular weight excluding hydrogens is 232 g/mol. The lowest BCUT2D eigenvalue weighted by molar-refractivity contribution is -0.0787. The minimum Gasteiger partial charge on any atom is -0.394 e. The molecule has 4 nitrogen and oxygen atoms in total. The van der Waals surface area contributed by atoms with Crippen molar-refractivity contribution < 1.29 is 20.4 Å². The summed E-state index contributed by atoms with van der Waals surface area (Å²) in [6.07, 6.45) is 6.51. The van der Waals surface area contributed by atoms with E-state index in [1.807, 2.05) is 0 Å². The molecule has 0 aromatic heterocycles. The Labute approximate surface area is 111 Å². The Balaban J connectivity index is 3.37. The predicted octanol–water partition coefficient (Wildman–Crippen LogP) is 1.59. The Bertz CT molecular complexity index is 175. The van der Waals surface area contributed by atoms with Crippen molar-refractivity contribution in [2.24, 2.45) is 0 Å². The maximum Gasteiger partial charge on any atom is 0.108 e. The van der Waals surface area contributed by atoms with E-state index in [1.54, 1.807) is 0 Å². The van der Waals surface area contributed by atoms with Crippen LogP contribution in [0.1, 0.15) is 64.7 Å². The van der Waals surface area contributed by atoms with E-state index in [2.05, 4.69) is 6.92 Å². The lowest BCUT2D eigenvalue weighted by Crippen LogP contribution is -2.39. The van der Waals surface area contributed by atoms with Crippen molar-refractivity contribution in [1.29, 1.82) is 0 Å². The van der Waals surface area contributed by atoms with Crippen LogP contribution in [0.25, 0.3) is 0 Å². The second-order valence-electron chi connectivity index (χ2n) is 5.07. The quantitative estimate of drug-likeness (QED) is 0.403. The Morgan fingerprint density at radius 1 is 0.722 bits per heavy atom. The van der Waals surface area contributed by atoms with Crippen molar-refractivity contribution in [3.8, 4) is 0 Å². The fraction of sp³-hybridized carbons (Fsp3) is 1.00. The third kappa shape index (κ3) is 8.86. The molecule has 4 heteroatoms. The van der Waals surface area contributed by atoms with Gasteiger partial charge in [-0.3, -0.25) is 0 Å². The van der Waals surface area contributed by atoms with Crippen LogP contribution in [0, 0.1) is 0 Å². The molecule has 0 bridgehead atoms. The monoisotopic (exact) mass is 262 g/mol. The van der Waals surface area contributed by atoms with Gasteiger partial charge >= 0.3 is 0 Å². The number of unbranched alkanes of at least 4 members (excludes halogenated alkanes) is 7. The van der Waals surface area contributed by atoms with Gasteiger partial charge < -0.3 is 20.4 Å². The summed E-state index contributed by atoms with van der Waals surface area (Å²) in [4.78, 5) is 0. The molecule has 0 aromatic carbocycles. The summed E-state index contributed by atoms with van der Waals surface area (Å²) in [6.45, 7) is 1.68. The van der Waals surface area contributed by atoms with E-state index in [-0.39, 0.29) is 0 Å². The molecule has 0 heterocycles. The Kier molecular flexibility index (Phi) is 11.8.